The molecular formula is C13H15F2NOS. The zero-order chi connectivity index (χ0) is 13.0. The molecule has 0 radical (unpaired) electrons. The third-order valence-electron chi connectivity index (χ3n) is 2.93. The molecule has 1 aromatic carbocycles. The van der Waals surface area contributed by atoms with E-state index in [4.69, 9.17) is 0 Å². The van der Waals surface area contributed by atoms with Gasteiger partial charge in [-0.1, -0.05) is 0 Å². The summed E-state index contributed by atoms with van der Waals surface area (Å²) in [6, 6.07) is 3.39. The first-order valence-electron chi connectivity index (χ1n) is 5.98. The molecule has 2 rings (SSSR count). The molecule has 18 heavy (non-hydrogen) atoms. The summed E-state index contributed by atoms with van der Waals surface area (Å²) >= 11 is 1.87. The van der Waals surface area contributed by atoms with E-state index in [1.165, 1.54) is 11.8 Å². The molecule has 98 valence electrons. The molecule has 1 atom stereocenters. The van der Waals surface area contributed by atoms with Crippen LogP contribution in [0.2, 0.25) is 0 Å². The van der Waals surface area contributed by atoms with Crippen molar-refractivity contribution in [3.05, 3.63) is 29.8 Å². The van der Waals surface area contributed by atoms with Crippen LogP contribution in [0.5, 0.6) is 0 Å². The van der Waals surface area contributed by atoms with E-state index in [1.54, 1.807) is 0 Å². The smallest absolute Gasteiger partial charge is 0.224 e. The maximum atomic E-state index is 13.0. The van der Waals surface area contributed by atoms with Gasteiger partial charge in [0.25, 0.3) is 0 Å². The van der Waals surface area contributed by atoms with Gasteiger partial charge in [0.1, 0.15) is 0 Å². The van der Waals surface area contributed by atoms with Gasteiger partial charge in [0.15, 0.2) is 11.6 Å². The van der Waals surface area contributed by atoms with E-state index in [-0.39, 0.29) is 5.91 Å². The molecule has 1 amide bonds. The van der Waals surface area contributed by atoms with Crippen LogP contribution in [0.4, 0.5) is 14.5 Å². The third kappa shape index (κ3) is 3.70. The predicted molar refractivity (Wildman–Crippen MR) is 69.7 cm³/mol. The molecule has 1 N–H and O–H groups in total. The van der Waals surface area contributed by atoms with Crippen molar-refractivity contribution in [2.24, 2.45) is 5.92 Å². The van der Waals surface area contributed by atoms with Crippen LogP contribution < -0.4 is 5.32 Å². The van der Waals surface area contributed by atoms with E-state index >= 15 is 0 Å². The van der Waals surface area contributed by atoms with Gasteiger partial charge in [-0.05, 0) is 42.4 Å². The van der Waals surface area contributed by atoms with Gasteiger partial charge >= 0.3 is 0 Å². The van der Waals surface area contributed by atoms with Crippen LogP contribution >= 0.6 is 11.8 Å². The van der Waals surface area contributed by atoms with Crippen LogP contribution in [0.15, 0.2) is 18.2 Å². The lowest BCUT2D eigenvalue weighted by molar-refractivity contribution is -0.117. The molecule has 1 saturated heterocycles. The highest BCUT2D eigenvalue weighted by atomic mass is 32.2. The molecule has 1 fully saturated rings. The van der Waals surface area contributed by atoms with E-state index < -0.39 is 11.6 Å². The summed E-state index contributed by atoms with van der Waals surface area (Å²) < 4.78 is 25.7. The number of hydrogen-bond acceptors (Lipinski definition) is 2. The first-order valence-corrected chi connectivity index (χ1v) is 7.13. The van der Waals surface area contributed by atoms with E-state index in [2.05, 4.69) is 5.32 Å². The molecule has 0 bridgehead atoms. The van der Waals surface area contributed by atoms with Gasteiger partial charge in [0, 0.05) is 18.2 Å². The van der Waals surface area contributed by atoms with Crippen molar-refractivity contribution in [3.8, 4) is 0 Å². The molecule has 5 heteroatoms. The van der Waals surface area contributed by atoms with Gasteiger partial charge in [-0.15, -0.1) is 0 Å². The fourth-order valence-electron chi connectivity index (χ4n) is 2.02. The summed E-state index contributed by atoms with van der Waals surface area (Å²) in [7, 11) is 0. The average Bonchev–Trinajstić information content (AvgIpc) is 2.35. The van der Waals surface area contributed by atoms with Gasteiger partial charge in [0.05, 0.1) is 0 Å². The Morgan fingerprint density at radius 2 is 2.22 bits per heavy atom. The van der Waals surface area contributed by atoms with E-state index in [0.717, 1.165) is 30.7 Å². The van der Waals surface area contributed by atoms with Gasteiger partial charge in [-0.25, -0.2) is 8.78 Å². The molecule has 0 spiro atoms. The van der Waals surface area contributed by atoms with E-state index in [9.17, 15) is 13.6 Å². The fraction of sp³-hybridized carbons (Fsp3) is 0.462. The largest absolute Gasteiger partial charge is 0.326 e. The Balaban J connectivity index is 1.88. The zero-order valence-corrected chi connectivity index (χ0v) is 10.7. The number of carbonyl (C=O) groups excluding carboxylic acids is 1. The summed E-state index contributed by atoms with van der Waals surface area (Å²) in [5.74, 6) is 0.590. The first kappa shape index (κ1) is 13.3. The minimum Gasteiger partial charge on any atom is -0.326 e. The van der Waals surface area contributed by atoms with Crippen LogP contribution in [0, 0.1) is 17.6 Å². The topological polar surface area (TPSA) is 29.1 Å². The first-order chi connectivity index (χ1) is 8.65. The van der Waals surface area contributed by atoms with Crippen LogP contribution in [-0.2, 0) is 4.79 Å². The molecule has 0 aromatic heterocycles. The summed E-state index contributed by atoms with van der Waals surface area (Å²) in [4.78, 5) is 11.7. The number of nitrogens with one attached hydrogen (secondary N) is 1. The molecule has 1 aromatic rings. The summed E-state index contributed by atoms with van der Waals surface area (Å²) in [5, 5.41) is 2.60. The maximum absolute atomic E-state index is 13.0. The Bertz CT molecular complexity index is 433. The minimum absolute atomic E-state index is 0.131. The minimum atomic E-state index is -0.943. The third-order valence-corrected chi connectivity index (χ3v) is 4.22. The summed E-state index contributed by atoms with van der Waals surface area (Å²) in [5.41, 5.74) is 0.308. The number of hydrogen-bond donors (Lipinski definition) is 1. The number of benzene rings is 1. The lowest BCUT2D eigenvalue weighted by Gasteiger charge is -2.20. The van der Waals surface area contributed by atoms with Crippen molar-refractivity contribution in [1.29, 1.82) is 0 Å². The van der Waals surface area contributed by atoms with Crippen LogP contribution in [0.1, 0.15) is 19.3 Å². The Morgan fingerprint density at radius 1 is 1.39 bits per heavy atom. The normalized spacial score (nSPS) is 19.6. The maximum Gasteiger partial charge on any atom is 0.224 e. The van der Waals surface area contributed by atoms with Gasteiger partial charge in [-0.3, -0.25) is 4.79 Å². The Kier molecular flexibility index (Phi) is 4.58. The lowest BCUT2D eigenvalue weighted by atomic mass is 10.0. The summed E-state index contributed by atoms with van der Waals surface area (Å²) in [6.07, 6.45) is 2.66. The predicted octanol–water partition coefficient (Wildman–Crippen LogP) is 3.44. The lowest BCUT2D eigenvalue weighted by Crippen LogP contribution is -2.20. The van der Waals surface area contributed by atoms with Gasteiger partial charge in [-0.2, -0.15) is 11.8 Å². The molecule has 1 unspecified atom stereocenters. The van der Waals surface area contributed by atoms with Gasteiger partial charge in [0.2, 0.25) is 5.91 Å². The van der Waals surface area contributed by atoms with Crippen molar-refractivity contribution < 1.29 is 13.6 Å². The standard InChI is InChI=1S/C13H15F2NOS/c14-11-4-3-10(7-12(11)15)16-13(17)6-9-2-1-5-18-8-9/h3-4,7,9H,1-2,5-6,8H2,(H,16,17). The molecular weight excluding hydrogens is 256 g/mol. The average molecular weight is 271 g/mol. The molecule has 1 heterocycles. The number of halogens is 2. The van der Waals surface area contributed by atoms with Crippen LogP contribution in [0.25, 0.3) is 0 Å². The highest BCUT2D eigenvalue weighted by Crippen LogP contribution is 2.25. The van der Waals surface area contributed by atoms with Gasteiger partial charge < -0.3 is 5.32 Å². The van der Waals surface area contributed by atoms with Crippen molar-refractivity contribution in [2.75, 3.05) is 16.8 Å². The second kappa shape index (κ2) is 6.18. The van der Waals surface area contributed by atoms with Crippen molar-refractivity contribution in [2.45, 2.75) is 19.3 Å². The highest BCUT2D eigenvalue weighted by Gasteiger charge is 2.17. The van der Waals surface area contributed by atoms with Crippen LogP contribution in [-0.4, -0.2) is 17.4 Å². The van der Waals surface area contributed by atoms with Crippen molar-refractivity contribution in [3.63, 3.8) is 0 Å². The van der Waals surface area contributed by atoms with Crippen molar-refractivity contribution >= 4 is 23.4 Å². The number of rotatable bonds is 3. The van der Waals surface area contributed by atoms with E-state index in [0.29, 0.717) is 18.0 Å². The molecule has 0 aliphatic carbocycles. The zero-order valence-electron chi connectivity index (χ0n) is 9.92. The number of carbonyl (C=O) groups is 1. The number of amides is 1. The fourth-order valence-corrected chi connectivity index (χ4v) is 3.17. The highest BCUT2D eigenvalue weighted by molar-refractivity contribution is 7.99. The molecule has 2 nitrogen and oxygen atoms in total. The number of thioether (sulfide) groups is 1. The monoisotopic (exact) mass is 271 g/mol. The van der Waals surface area contributed by atoms with Crippen LogP contribution in [0.3, 0.4) is 0 Å². The molecule has 0 saturated carbocycles. The van der Waals surface area contributed by atoms with E-state index in [1.807, 2.05) is 11.8 Å². The SMILES string of the molecule is O=C(CC1CCCSC1)Nc1ccc(F)c(F)c1. The molecule has 1 aliphatic rings. The number of anilines is 1. The molecule has 1 aliphatic heterocycles. The second-order valence-electron chi connectivity index (χ2n) is 4.46. The van der Waals surface area contributed by atoms with Crippen molar-refractivity contribution in [1.82, 2.24) is 0 Å². The Morgan fingerprint density at radius 3 is 2.89 bits per heavy atom. The Hall–Kier alpha value is -1.10. The Labute approximate surface area is 109 Å². The summed E-state index contributed by atoms with van der Waals surface area (Å²) in [6.45, 7) is 0. The quantitative estimate of drug-likeness (QED) is 0.912. The second-order valence-corrected chi connectivity index (χ2v) is 5.61.